The number of halogens is 1. The Morgan fingerprint density at radius 2 is 2.25 bits per heavy atom. The van der Waals surface area contributed by atoms with Crippen LogP contribution in [0.3, 0.4) is 0 Å². The summed E-state index contributed by atoms with van der Waals surface area (Å²) in [6.07, 6.45) is 0.305. The lowest BCUT2D eigenvalue weighted by atomic mass is 10.3. The van der Waals surface area contributed by atoms with Gasteiger partial charge in [0.1, 0.15) is 5.75 Å². The standard InChI is InChI=1S/C11H14ClNO3/c1-3-6-16-11(14)13-8-4-5-10(15-2)9(12)7-8/h4-5,7H,3,6H2,1-2H3,(H,13,14). The molecule has 16 heavy (non-hydrogen) atoms. The number of anilines is 1. The first-order valence-electron chi connectivity index (χ1n) is 4.94. The van der Waals surface area contributed by atoms with Gasteiger partial charge in [-0.3, -0.25) is 5.32 Å². The number of rotatable bonds is 4. The number of methoxy groups -OCH3 is 1. The zero-order valence-electron chi connectivity index (χ0n) is 9.25. The van der Waals surface area contributed by atoms with Gasteiger partial charge in [-0.1, -0.05) is 18.5 Å². The van der Waals surface area contributed by atoms with Crippen molar-refractivity contribution in [3.05, 3.63) is 23.2 Å². The predicted octanol–water partition coefficient (Wildman–Crippen LogP) is 3.31. The molecule has 0 saturated heterocycles. The highest BCUT2D eigenvalue weighted by molar-refractivity contribution is 6.32. The third kappa shape index (κ3) is 3.62. The minimum atomic E-state index is -0.483. The SMILES string of the molecule is CCCOC(=O)Nc1ccc(OC)c(Cl)c1. The van der Waals surface area contributed by atoms with E-state index in [0.29, 0.717) is 23.1 Å². The van der Waals surface area contributed by atoms with Gasteiger partial charge in [0.15, 0.2) is 0 Å². The second-order valence-electron chi connectivity index (χ2n) is 3.11. The van der Waals surface area contributed by atoms with Gasteiger partial charge in [0.05, 0.1) is 18.7 Å². The number of ether oxygens (including phenoxy) is 2. The fraction of sp³-hybridized carbons (Fsp3) is 0.364. The summed E-state index contributed by atoms with van der Waals surface area (Å²) in [5, 5.41) is 3.01. The number of amides is 1. The highest BCUT2D eigenvalue weighted by Gasteiger charge is 2.05. The zero-order valence-corrected chi connectivity index (χ0v) is 10.0. The molecule has 1 aromatic rings. The van der Waals surface area contributed by atoms with Crippen molar-refractivity contribution < 1.29 is 14.3 Å². The highest BCUT2D eigenvalue weighted by Crippen LogP contribution is 2.27. The van der Waals surface area contributed by atoms with E-state index < -0.39 is 6.09 Å². The average Bonchev–Trinajstić information content (AvgIpc) is 2.26. The van der Waals surface area contributed by atoms with E-state index in [1.54, 1.807) is 18.2 Å². The summed E-state index contributed by atoms with van der Waals surface area (Å²) in [6, 6.07) is 4.98. The van der Waals surface area contributed by atoms with Crippen molar-refractivity contribution in [2.24, 2.45) is 0 Å². The van der Waals surface area contributed by atoms with Gasteiger partial charge in [0, 0.05) is 5.69 Å². The second-order valence-corrected chi connectivity index (χ2v) is 3.52. The third-order valence-electron chi connectivity index (χ3n) is 1.84. The summed E-state index contributed by atoms with van der Waals surface area (Å²) in [6.45, 7) is 2.33. The molecule has 0 aliphatic rings. The number of nitrogens with one attached hydrogen (secondary N) is 1. The first kappa shape index (κ1) is 12.6. The molecule has 88 valence electrons. The maximum Gasteiger partial charge on any atom is 0.411 e. The maximum atomic E-state index is 11.2. The van der Waals surface area contributed by atoms with Crippen LogP contribution in [0.1, 0.15) is 13.3 Å². The number of hydrogen-bond acceptors (Lipinski definition) is 3. The van der Waals surface area contributed by atoms with Gasteiger partial charge >= 0.3 is 6.09 Å². The van der Waals surface area contributed by atoms with Crippen LogP contribution in [-0.4, -0.2) is 19.8 Å². The van der Waals surface area contributed by atoms with E-state index in [-0.39, 0.29) is 0 Å². The molecule has 0 radical (unpaired) electrons. The maximum absolute atomic E-state index is 11.2. The molecule has 1 aromatic carbocycles. The first-order chi connectivity index (χ1) is 7.67. The van der Waals surface area contributed by atoms with Crippen LogP contribution >= 0.6 is 11.6 Å². The Labute approximate surface area is 99.5 Å². The van der Waals surface area contributed by atoms with Crippen molar-refractivity contribution >= 4 is 23.4 Å². The van der Waals surface area contributed by atoms with E-state index >= 15 is 0 Å². The van der Waals surface area contributed by atoms with Crippen LogP contribution in [0.5, 0.6) is 5.75 Å². The molecule has 0 aliphatic carbocycles. The molecule has 0 heterocycles. The minimum absolute atomic E-state index is 0.399. The average molecular weight is 244 g/mol. The second kappa shape index (κ2) is 6.23. The van der Waals surface area contributed by atoms with Gasteiger partial charge in [-0.05, 0) is 24.6 Å². The Morgan fingerprint density at radius 1 is 1.50 bits per heavy atom. The van der Waals surface area contributed by atoms with E-state index in [9.17, 15) is 4.79 Å². The van der Waals surface area contributed by atoms with Crippen LogP contribution in [0, 0.1) is 0 Å². The molecule has 0 atom stereocenters. The van der Waals surface area contributed by atoms with E-state index in [1.807, 2.05) is 6.92 Å². The summed E-state index contributed by atoms with van der Waals surface area (Å²) in [4.78, 5) is 11.2. The fourth-order valence-corrected chi connectivity index (χ4v) is 1.35. The largest absolute Gasteiger partial charge is 0.495 e. The van der Waals surface area contributed by atoms with Crippen LogP contribution in [-0.2, 0) is 4.74 Å². The van der Waals surface area contributed by atoms with E-state index in [2.05, 4.69) is 5.32 Å². The highest BCUT2D eigenvalue weighted by atomic mass is 35.5. The topological polar surface area (TPSA) is 47.6 Å². The number of benzene rings is 1. The first-order valence-corrected chi connectivity index (χ1v) is 5.32. The lowest BCUT2D eigenvalue weighted by molar-refractivity contribution is 0.161. The normalized spacial score (nSPS) is 9.69. The Balaban J connectivity index is 2.61. The number of carbonyl (C=O) groups excluding carboxylic acids is 1. The molecule has 1 amide bonds. The van der Waals surface area contributed by atoms with Crippen molar-refractivity contribution in [3.63, 3.8) is 0 Å². The number of carbonyl (C=O) groups is 1. The summed E-state index contributed by atoms with van der Waals surface area (Å²) in [7, 11) is 1.53. The van der Waals surface area contributed by atoms with Crippen molar-refractivity contribution in [1.82, 2.24) is 0 Å². The van der Waals surface area contributed by atoms with Crippen molar-refractivity contribution in [3.8, 4) is 5.75 Å². The van der Waals surface area contributed by atoms with Crippen molar-refractivity contribution in [2.75, 3.05) is 19.0 Å². The third-order valence-corrected chi connectivity index (χ3v) is 2.13. The van der Waals surface area contributed by atoms with Gasteiger partial charge in [0.2, 0.25) is 0 Å². The minimum Gasteiger partial charge on any atom is -0.495 e. The summed E-state index contributed by atoms with van der Waals surface area (Å²) in [5.41, 5.74) is 0.576. The fourth-order valence-electron chi connectivity index (χ4n) is 1.09. The van der Waals surface area contributed by atoms with Crippen molar-refractivity contribution in [1.29, 1.82) is 0 Å². The number of hydrogen-bond donors (Lipinski definition) is 1. The molecule has 0 saturated carbocycles. The van der Waals surface area contributed by atoms with Gasteiger partial charge in [-0.15, -0.1) is 0 Å². The molecule has 0 bridgehead atoms. The molecule has 1 N–H and O–H groups in total. The summed E-state index contributed by atoms with van der Waals surface area (Å²) < 4.78 is 9.86. The Bertz CT molecular complexity index is 368. The van der Waals surface area contributed by atoms with Gasteiger partial charge in [-0.25, -0.2) is 4.79 Å². The Morgan fingerprint density at radius 3 is 2.81 bits per heavy atom. The van der Waals surface area contributed by atoms with E-state index in [1.165, 1.54) is 7.11 Å². The van der Waals surface area contributed by atoms with Crippen LogP contribution in [0.15, 0.2) is 18.2 Å². The molecule has 0 aromatic heterocycles. The molecular formula is C11H14ClNO3. The zero-order chi connectivity index (χ0) is 12.0. The summed E-state index contributed by atoms with van der Waals surface area (Å²) >= 11 is 5.90. The molecular weight excluding hydrogens is 230 g/mol. The summed E-state index contributed by atoms with van der Waals surface area (Å²) in [5.74, 6) is 0.564. The van der Waals surface area contributed by atoms with E-state index in [0.717, 1.165) is 6.42 Å². The Hall–Kier alpha value is -1.42. The smallest absolute Gasteiger partial charge is 0.411 e. The van der Waals surface area contributed by atoms with Crippen LogP contribution in [0.4, 0.5) is 10.5 Å². The molecule has 4 nitrogen and oxygen atoms in total. The van der Waals surface area contributed by atoms with Gasteiger partial charge in [0.25, 0.3) is 0 Å². The molecule has 5 heteroatoms. The van der Waals surface area contributed by atoms with Crippen molar-refractivity contribution in [2.45, 2.75) is 13.3 Å². The van der Waals surface area contributed by atoms with Gasteiger partial charge < -0.3 is 9.47 Å². The molecule has 1 rings (SSSR count). The van der Waals surface area contributed by atoms with Crippen LogP contribution in [0.25, 0.3) is 0 Å². The van der Waals surface area contributed by atoms with Gasteiger partial charge in [-0.2, -0.15) is 0 Å². The van der Waals surface area contributed by atoms with Crippen LogP contribution < -0.4 is 10.1 Å². The molecule has 0 fully saturated rings. The molecule has 0 aliphatic heterocycles. The van der Waals surface area contributed by atoms with E-state index in [4.69, 9.17) is 21.1 Å². The molecule has 0 unspecified atom stereocenters. The molecule has 0 spiro atoms. The Kier molecular flexibility index (Phi) is 4.92. The predicted molar refractivity (Wildman–Crippen MR) is 63.3 cm³/mol. The lowest BCUT2D eigenvalue weighted by Crippen LogP contribution is -2.13. The monoisotopic (exact) mass is 243 g/mol. The lowest BCUT2D eigenvalue weighted by Gasteiger charge is -2.08. The quantitative estimate of drug-likeness (QED) is 0.883. The van der Waals surface area contributed by atoms with Crippen LogP contribution in [0.2, 0.25) is 5.02 Å².